The monoisotopic (exact) mass is 233 g/mol. The van der Waals surface area contributed by atoms with Crippen LogP contribution in [0.15, 0.2) is 30.6 Å². The number of unbranched alkanes of at least 4 members (excludes halogenated alkanes) is 1. The van der Waals surface area contributed by atoms with Gasteiger partial charge in [-0.15, -0.1) is 0 Å². The van der Waals surface area contributed by atoms with Crippen molar-refractivity contribution >= 4 is 10.4 Å². The van der Waals surface area contributed by atoms with Crippen LogP contribution in [0, 0.1) is 0 Å². The molecule has 6 heteroatoms. The summed E-state index contributed by atoms with van der Waals surface area (Å²) in [5.41, 5.74) is 0. The first-order chi connectivity index (χ1) is 6.93. The number of pyridine rings is 1. The Kier molecular flexibility index (Phi) is 6.85. The molecule has 0 saturated carbocycles. The molecule has 86 valence electrons. The Labute approximate surface area is 91.4 Å². The van der Waals surface area contributed by atoms with Gasteiger partial charge in [0.1, 0.15) is 6.54 Å². The summed E-state index contributed by atoms with van der Waals surface area (Å²) >= 11 is 0. The Morgan fingerprint density at radius 2 is 1.67 bits per heavy atom. The minimum Gasteiger partial charge on any atom is -0.759 e. The van der Waals surface area contributed by atoms with Gasteiger partial charge in [-0.2, -0.15) is 0 Å². The second kappa shape index (κ2) is 7.33. The zero-order chi connectivity index (χ0) is 11.7. The largest absolute Gasteiger partial charge is 1.00 e. The van der Waals surface area contributed by atoms with Crippen LogP contribution in [-0.2, 0) is 16.9 Å². The summed E-state index contributed by atoms with van der Waals surface area (Å²) in [7, 11) is -5.17. The molecule has 1 aromatic heterocycles. The van der Waals surface area contributed by atoms with Crippen LogP contribution in [0.25, 0.3) is 0 Å². The SMILES string of the molecule is CCCC[n+]1ccccc1.O=S(=O)([O-])[O-].[H+]. The second-order valence-electron chi connectivity index (χ2n) is 2.88. The van der Waals surface area contributed by atoms with Crippen LogP contribution in [-0.4, -0.2) is 17.5 Å². The molecule has 0 spiro atoms. The lowest BCUT2D eigenvalue weighted by Crippen LogP contribution is -2.31. The molecule has 0 aliphatic heterocycles. The van der Waals surface area contributed by atoms with Crippen LogP contribution in [0.5, 0.6) is 0 Å². The Balaban J connectivity index is 0. The van der Waals surface area contributed by atoms with E-state index in [1.807, 2.05) is 6.07 Å². The van der Waals surface area contributed by atoms with Crippen molar-refractivity contribution in [2.75, 3.05) is 0 Å². The van der Waals surface area contributed by atoms with Crippen molar-refractivity contribution in [3.05, 3.63) is 30.6 Å². The second-order valence-corrected chi connectivity index (χ2v) is 3.69. The quantitative estimate of drug-likeness (QED) is 0.433. The minimum atomic E-state index is -5.17. The van der Waals surface area contributed by atoms with Gasteiger partial charge in [0.2, 0.25) is 0 Å². The van der Waals surface area contributed by atoms with Crippen LogP contribution < -0.4 is 4.57 Å². The van der Waals surface area contributed by atoms with E-state index in [0.717, 1.165) is 6.54 Å². The molecule has 15 heavy (non-hydrogen) atoms. The summed E-state index contributed by atoms with van der Waals surface area (Å²) in [6, 6.07) is 6.17. The van der Waals surface area contributed by atoms with Gasteiger partial charge in [0, 0.05) is 29.0 Å². The summed E-state index contributed by atoms with van der Waals surface area (Å²) in [5.74, 6) is 0. The molecule has 0 fully saturated rings. The molecule has 0 atom stereocenters. The van der Waals surface area contributed by atoms with E-state index in [1.165, 1.54) is 12.8 Å². The fourth-order valence-electron chi connectivity index (χ4n) is 0.924. The lowest BCUT2D eigenvalue weighted by atomic mass is 10.3. The third-order valence-corrected chi connectivity index (χ3v) is 1.55. The average molecular weight is 233 g/mol. The molecule has 0 amide bonds. The Bertz CT molecular complexity index is 347. The molecule has 0 aromatic carbocycles. The highest BCUT2D eigenvalue weighted by Crippen LogP contribution is 1.85. The zero-order valence-corrected chi connectivity index (χ0v) is 9.31. The van der Waals surface area contributed by atoms with E-state index >= 15 is 0 Å². The first-order valence-electron chi connectivity index (χ1n) is 4.54. The maximum absolute atomic E-state index is 8.52. The molecular formula is C9H15NO4S. The maximum Gasteiger partial charge on any atom is 1.00 e. The Morgan fingerprint density at radius 3 is 2.07 bits per heavy atom. The fraction of sp³-hybridized carbons (Fsp3) is 0.444. The van der Waals surface area contributed by atoms with Crippen molar-refractivity contribution in [1.82, 2.24) is 0 Å². The fourth-order valence-corrected chi connectivity index (χ4v) is 0.924. The number of hydrogen-bond donors (Lipinski definition) is 0. The molecule has 0 aliphatic carbocycles. The van der Waals surface area contributed by atoms with Gasteiger partial charge in [-0.25, -0.2) is 4.57 Å². The molecule has 0 saturated heterocycles. The lowest BCUT2D eigenvalue weighted by Gasteiger charge is -2.06. The molecule has 0 unspecified atom stereocenters. The van der Waals surface area contributed by atoms with E-state index in [0.29, 0.717) is 0 Å². The van der Waals surface area contributed by atoms with Crippen LogP contribution in [0.2, 0.25) is 0 Å². The van der Waals surface area contributed by atoms with Gasteiger partial charge in [0.15, 0.2) is 12.4 Å². The van der Waals surface area contributed by atoms with Crippen molar-refractivity contribution < 1.29 is 23.5 Å². The van der Waals surface area contributed by atoms with Gasteiger partial charge in [-0.3, -0.25) is 8.42 Å². The number of nitrogens with zero attached hydrogens (tertiary/aromatic N) is 1. The van der Waals surface area contributed by atoms with Gasteiger partial charge < -0.3 is 9.11 Å². The highest BCUT2D eigenvalue weighted by Gasteiger charge is 1.93. The third-order valence-electron chi connectivity index (χ3n) is 1.55. The normalized spacial score (nSPS) is 10.3. The first-order valence-corrected chi connectivity index (χ1v) is 5.87. The summed E-state index contributed by atoms with van der Waals surface area (Å²) in [4.78, 5) is 0. The van der Waals surface area contributed by atoms with E-state index < -0.39 is 10.4 Å². The van der Waals surface area contributed by atoms with Crippen LogP contribution in [0.3, 0.4) is 0 Å². The number of hydrogen-bond acceptors (Lipinski definition) is 4. The highest BCUT2D eigenvalue weighted by atomic mass is 32.3. The molecule has 0 aliphatic rings. The molecule has 0 bridgehead atoms. The van der Waals surface area contributed by atoms with Crippen molar-refractivity contribution in [1.29, 1.82) is 0 Å². The summed E-state index contributed by atoms with van der Waals surface area (Å²) in [5, 5.41) is 0. The summed E-state index contributed by atoms with van der Waals surface area (Å²) in [6.45, 7) is 3.36. The van der Waals surface area contributed by atoms with E-state index in [9.17, 15) is 0 Å². The predicted molar refractivity (Wildman–Crippen MR) is 53.1 cm³/mol. The Morgan fingerprint density at radius 1 is 1.20 bits per heavy atom. The zero-order valence-electron chi connectivity index (χ0n) is 9.50. The average Bonchev–Trinajstić information content (AvgIpc) is 2.14. The number of aryl methyl sites for hydroxylation is 1. The van der Waals surface area contributed by atoms with Crippen LogP contribution >= 0.6 is 0 Å². The molecule has 0 N–H and O–H groups in total. The van der Waals surface area contributed by atoms with Gasteiger partial charge in [0.25, 0.3) is 0 Å². The minimum absolute atomic E-state index is 0. The van der Waals surface area contributed by atoms with Gasteiger partial charge in [-0.1, -0.05) is 19.4 Å². The maximum atomic E-state index is 8.52. The molecule has 1 rings (SSSR count). The van der Waals surface area contributed by atoms with E-state index in [2.05, 4.69) is 36.0 Å². The number of aromatic nitrogens is 1. The molecule has 5 nitrogen and oxygen atoms in total. The van der Waals surface area contributed by atoms with Crippen LogP contribution in [0.4, 0.5) is 0 Å². The van der Waals surface area contributed by atoms with E-state index in [1.54, 1.807) is 0 Å². The Hall–Kier alpha value is -0.980. The van der Waals surface area contributed by atoms with Gasteiger partial charge in [-0.05, 0) is 0 Å². The predicted octanol–water partition coefficient (Wildman–Crippen LogP) is 0.549. The van der Waals surface area contributed by atoms with Crippen molar-refractivity contribution in [2.45, 2.75) is 26.3 Å². The van der Waals surface area contributed by atoms with Crippen molar-refractivity contribution in [3.63, 3.8) is 0 Å². The van der Waals surface area contributed by atoms with E-state index in [4.69, 9.17) is 17.5 Å². The number of rotatable bonds is 3. The highest BCUT2D eigenvalue weighted by molar-refractivity contribution is 7.79. The third kappa shape index (κ3) is 13.0. The molecule has 1 heterocycles. The summed E-state index contributed by atoms with van der Waals surface area (Å²) < 4.78 is 36.3. The molecule has 0 radical (unpaired) electrons. The van der Waals surface area contributed by atoms with Gasteiger partial charge >= 0.3 is 1.43 Å². The molecule has 1 aromatic rings. The lowest BCUT2D eigenvalue weighted by molar-refractivity contribution is -0.697. The standard InChI is InChI=1S/C9H14N.H2O4S/c1-2-3-7-10-8-5-4-6-9-10;1-5(2,3)4/h4-6,8-9H,2-3,7H2,1H3;(H2,1,2,3,4)/q+1;/p-1. The topological polar surface area (TPSA) is 84.1 Å². The van der Waals surface area contributed by atoms with E-state index in [-0.39, 0.29) is 1.43 Å². The van der Waals surface area contributed by atoms with Crippen molar-refractivity contribution in [3.8, 4) is 0 Å². The molecular weight excluding hydrogens is 218 g/mol. The first kappa shape index (κ1) is 14.0. The van der Waals surface area contributed by atoms with Gasteiger partial charge in [0.05, 0.1) is 0 Å². The smallest absolute Gasteiger partial charge is 0.759 e. The van der Waals surface area contributed by atoms with Crippen LogP contribution in [0.1, 0.15) is 21.2 Å². The summed E-state index contributed by atoms with van der Waals surface area (Å²) in [6.07, 6.45) is 6.75. The van der Waals surface area contributed by atoms with Crippen molar-refractivity contribution in [2.24, 2.45) is 0 Å².